The van der Waals surface area contributed by atoms with Gasteiger partial charge in [0.2, 0.25) is 0 Å². The fraction of sp³-hybridized carbons (Fsp3) is 0.929. The van der Waals surface area contributed by atoms with Crippen LogP contribution in [0.1, 0.15) is 53.4 Å². The van der Waals surface area contributed by atoms with E-state index in [1.165, 1.54) is 0 Å². The molecule has 0 bridgehead atoms. The van der Waals surface area contributed by atoms with Gasteiger partial charge in [0.25, 0.3) is 0 Å². The zero-order valence-electron chi connectivity index (χ0n) is 11.9. The Morgan fingerprint density at radius 2 is 1.88 bits per heavy atom. The second kappa shape index (κ2) is 8.65. The molecule has 0 aromatic heterocycles. The lowest BCUT2D eigenvalue weighted by atomic mass is 9.86. The van der Waals surface area contributed by atoms with Gasteiger partial charge >= 0.3 is 0 Å². The fourth-order valence-corrected chi connectivity index (χ4v) is 2.53. The van der Waals surface area contributed by atoms with Gasteiger partial charge < -0.3 is 9.90 Å². The number of rotatable bonds is 10. The predicted octanol–water partition coefficient (Wildman–Crippen LogP) is 2.47. The molecule has 1 N–H and O–H groups in total. The highest BCUT2D eigenvalue weighted by molar-refractivity contribution is 5.59. The number of hydrogen-bond donors (Lipinski definition) is 1. The highest BCUT2D eigenvalue weighted by atomic mass is 16.3. The van der Waals surface area contributed by atoms with Gasteiger partial charge in [0, 0.05) is 24.5 Å². The lowest BCUT2D eigenvalue weighted by molar-refractivity contribution is -0.117. The third-order valence-electron chi connectivity index (χ3n) is 3.52. The third kappa shape index (κ3) is 5.64. The number of nitrogens with zero attached hydrogens (tertiary/aromatic N) is 1. The van der Waals surface area contributed by atoms with Crippen molar-refractivity contribution in [1.82, 2.24) is 4.90 Å². The van der Waals surface area contributed by atoms with Crippen LogP contribution in [0.4, 0.5) is 0 Å². The summed E-state index contributed by atoms with van der Waals surface area (Å²) in [4.78, 5) is 13.5. The Bertz CT molecular complexity index is 204. The molecular formula is C14H29NO2. The Balaban J connectivity index is 4.64. The Hall–Kier alpha value is -0.410. The largest absolute Gasteiger partial charge is 0.395 e. The predicted molar refractivity (Wildman–Crippen MR) is 72.1 cm³/mol. The maximum atomic E-state index is 11.3. The van der Waals surface area contributed by atoms with Crippen LogP contribution in [0.15, 0.2) is 0 Å². The lowest BCUT2D eigenvalue weighted by Gasteiger charge is -2.36. The molecule has 0 fully saturated rings. The Labute approximate surface area is 106 Å². The molecule has 3 heteroatoms. The lowest BCUT2D eigenvalue weighted by Crippen LogP contribution is -2.44. The molecule has 17 heavy (non-hydrogen) atoms. The zero-order valence-corrected chi connectivity index (χ0v) is 11.9. The van der Waals surface area contributed by atoms with Crippen molar-refractivity contribution in [3.05, 3.63) is 0 Å². The van der Waals surface area contributed by atoms with E-state index in [4.69, 9.17) is 5.11 Å². The van der Waals surface area contributed by atoms with E-state index in [1.807, 2.05) is 6.92 Å². The summed E-state index contributed by atoms with van der Waals surface area (Å²) in [6.45, 7) is 10.0. The molecule has 0 saturated heterocycles. The molecule has 0 radical (unpaired) electrons. The molecule has 0 amide bonds. The summed E-state index contributed by atoms with van der Waals surface area (Å²) in [5.74, 6) is 0. The van der Waals surface area contributed by atoms with Crippen molar-refractivity contribution in [2.75, 3.05) is 19.7 Å². The first kappa shape index (κ1) is 16.6. The van der Waals surface area contributed by atoms with E-state index in [0.717, 1.165) is 38.5 Å². The summed E-state index contributed by atoms with van der Waals surface area (Å²) in [5.41, 5.74) is -0.271. The van der Waals surface area contributed by atoms with Crippen molar-refractivity contribution >= 4 is 6.29 Å². The van der Waals surface area contributed by atoms with Gasteiger partial charge in [-0.2, -0.15) is 0 Å². The number of aliphatic hydroxyl groups excluding tert-OH is 1. The summed E-state index contributed by atoms with van der Waals surface area (Å²) >= 11 is 0. The number of carbonyl (C=O) groups is 1. The molecule has 0 heterocycles. The summed E-state index contributed by atoms with van der Waals surface area (Å²) in [7, 11) is 0. The Kier molecular flexibility index (Phi) is 8.44. The fourth-order valence-electron chi connectivity index (χ4n) is 2.53. The molecule has 0 saturated carbocycles. The molecule has 0 aliphatic carbocycles. The minimum atomic E-state index is -0.271. The van der Waals surface area contributed by atoms with Gasteiger partial charge in [0.1, 0.15) is 6.29 Å². The molecular weight excluding hydrogens is 214 g/mol. The molecule has 1 unspecified atom stereocenters. The second-order valence-electron chi connectivity index (χ2n) is 5.19. The van der Waals surface area contributed by atoms with Gasteiger partial charge in [0.05, 0.1) is 6.61 Å². The third-order valence-corrected chi connectivity index (χ3v) is 3.52. The SMILES string of the molecule is CCCC(C)(C=O)CN(CCO)C(CC)CC. The van der Waals surface area contributed by atoms with Crippen LogP contribution in [-0.4, -0.2) is 42.0 Å². The molecule has 0 aliphatic rings. The van der Waals surface area contributed by atoms with Crippen LogP contribution in [0.3, 0.4) is 0 Å². The van der Waals surface area contributed by atoms with Crippen LogP contribution < -0.4 is 0 Å². The first-order valence-corrected chi connectivity index (χ1v) is 6.88. The van der Waals surface area contributed by atoms with Crippen molar-refractivity contribution in [3.63, 3.8) is 0 Å². The molecule has 3 nitrogen and oxygen atoms in total. The summed E-state index contributed by atoms with van der Waals surface area (Å²) in [6.07, 6.45) is 5.15. The van der Waals surface area contributed by atoms with E-state index in [1.54, 1.807) is 0 Å². The number of aldehydes is 1. The molecule has 0 spiro atoms. The second-order valence-corrected chi connectivity index (χ2v) is 5.19. The van der Waals surface area contributed by atoms with Crippen molar-refractivity contribution in [1.29, 1.82) is 0 Å². The van der Waals surface area contributed by atoms with Gasteiger partial charge in [-0.15, -0.1) is 0 Å². The molecule has 0 aliphatic heterocycles. The first-order chi connectivity index (χ1) is 8.06. The number of carbonyl (C=O) groups excluding carboxylic acids is 1. The van der Waals surface area contributed by atoms with Crippen LogP contribution in [-0.2, 0) is 4.79 Å². The minimum absolute atomic E-state index is 0.164. The zero-order chi connectivity index (χ0) is 13.3. The molecule has 102 valence electrons. The Morgan fingerprint density at radius 1 is 1.29 bits per heavy atom. The first-order valence-electron chi connectivity index (χ1n) is 6.88. The van der Waals surface area contributed by atoms with Gasteiger partial charge in [-0.3, -0.25) is 4.90 Å². The molecule has 0 aromatic rings. The Morgan fingerprint density at radius 3 is 2.24 bits per heavy atom. The number of hydrogen-bond acceptors (Lipinski definition) is 3. The highest BCUT2D eigenvalue weighted by Gasteiger charge is 2.28. The van der Waals surface area contributed by atoms with Crippen molar-refractivity contribution in [2.24, 2.45) is 5.41 Å². The van der Waals surface area contributed by atoms with Crippen molar-refractivity contribution < 1.29 is 9.90 Å². The van der Waals surface area contributed by atoms with E-state index in [0.29, 0.717) is 12.6 Å². The summed E-state index contributed by atoms with van der Waals surface area (Å²) in [5, 5.41) is 9.15. The average molecular weight is 243 g/mol. The van der Waals surface area contributed by atoms with Gasteiger partial charge in [-0.25, -0.2) is 0 Å². The number of aliphatic hydroxyl groups is 1. The van der Waals surface area contributed by atoms with Crippen molar-refractivity contribution in [2.45, 2.75) is 59.4 Å². The van der Waals surface area contributed by atoms with E-state index in [-0.39, 0.29) is 12.0 Å². The summed E-state index contributed by atoms with van der Waals surface area (Å²) in [6, 6.07) is 0.471. The highest BCUT2D eigenvalue weighted by Crippen LogP contribution is 2.24. The molecule has 0 aromatic carbocycles. The smallest absolute Gasteiger partial charge is 0.127 e. The maximum Gasteiger partial charge on any atom is 0.127 e. The quantitative estimate of drug-likeness (QED) is 0.599. The van der Waals surface area contributed by atoms with E-state index >= 15 is 0 Å². The average Bonchev–Trinajstić information content (AvgIpc) is 2.31. The molecule has 0 rings (SSSR count). The topological polar surface area (TPSA) is 40.5 Å². The van der Waals surface area contributed by atoms with Crippen LogP contribution in [0.2, 0.25) is 0 Å². The van der Waals surface area contributed by atoms with Crippen LogP contribution >= 0.6 is 0 Å². The van der Waals surface area contributed by atoms with Gasteiger partial charge in [-0.1, -0.05) is 34.1 Å². The normalized spacial score (nSPS) is 15.2. The van der Waals surface area contributed by atoms with E-state index < -0.39 is 0 Å². The van der Waals surface area contributed by atoms with Crippen LogP contribution in [0.5, 0.6) is 0 Å². The van der Waals surface area contributed by atoms with E-state index in [9.17, 15) is 4.79 Å². The maximum absolute atomic E-state index is 11.3. The minimum Gasteiger partial charge on any atom is -0.395 e. The standard InChI is InChI=1S/C14H29NO2/c1-5-8-14(4,12-17)11-15(9-10-16)13(6-2)7-3/h12-13,16H,5-11H2,1-4H3. The van der Waals surface area contributed by atoms with Gasteiger partial charge in [-0.05, 0) is 19.3 Å². The summed E-state index contributed by atoms with van der Waals surface area (Å²) < 4.78 is 0. The van der Waals surface area contributed by atoms with E-state index in [2.05, 4.69) is 25.7 Å². The van der Waals surface area contributed by atoms with Crippen LogP contribution in [0, 0.1) is 5.41 Å². The molecule has 1 atom stereocenters. The van der Waals surface area contributed by atoms with Gasteiger partial charge in [0.15, 0.2) is 0 Å². The van der Waals surface area contributed by atoms with Crippen molar-refractivity contribution in [3.8, 4) is 0 Å². The monoisotopic (exact) mass is 243 g/mol. The van der Waals surface area contributed by atoms with Crippen LogP contribution in [0.25, 0.3) is 0 Å².